The first kappa shape index (κ1) is 7.88. The Labute approximate surface area is 59.0 Å². The normalized spacial score (nSPS) is 36.6. The lowest BCUT2D eigenvalue weighted by Crippen LogP contribution is -2.43. The summed E-state index contributed by atoms with van der Waals surface area (Å²) in [5.41, 5.74) is 0. The average molecular weight is 150 g/mol. The first-order valence-electron chi connectivity index (χ1n) is 3.53. The Kier molecular flexibility index (Phi) is 3.02. The van der Waals surface area contributed by atoms with Gasteiger partial charge in [-0.1, -0.05) is 0 Å². The Hall–Kier alpha value is -0.220. The zero-order valence-electron chi connectivity index (χ0n) is 5.74. The van der Waals surface area contributed by atoms with Gasteiger partial charge in [-0.15, -0.1) is 0 Å². The van der Waals surface area contributed by atoms with Gasteiger partial charge in [0.1, 0.15) is 0 Å². The molecule has 1 aliphatic rings. The van der Waals surface area contributed by atoms with Gasteiger partial charge >= 0.3 is 0 Å². The maximum absolute atomic E-state index is 12.5. The van der Waals surface area contributed by atoms with Gasteiger partial charge in [0.25, 0.3) is 0 Å². The van der Waals surface area contributed by atoms with Gasteiger partial charge in [-0.3, -0.25) is 5.32 Å². The van der Waals surface area contributed by atoms with Crippen LogP contribution in [0, 0.1) is 0 Å². The lowest BCUT2D eigenvalue weighted by atomic mass is 10.3. The lowest BCUT2D eigenvalue weighted by molar-refractivity contribution is 0.126. The van der Waals surface area contributed by atoms with Crippen molar-refractivity contribution in [2.75, 3.05) is 19.6 Å². The van der Waals surface area contributed by atoms with E-state index >= 15 is 0 Å². The summed E-state index contributed by atoms with van der Waals surface area (Å²) >= 11 is 0. The van der Waals surface area contributed by atoms with Gasteiger partial charge in [0, 0.05) is 6.54 Å². The molecule has 60 valence electrons. The molecule has 4 heteroatoms. The summed E-state index contributed by atoms with van der Waals surface area (Å²) in [6.45, 7) is 1.43. The smallest absolute Gasteiger partial charge is 0.183 e. The topological polar surface area (TPSA) is 24.1 Å². The van der Waals surface area contributed by atoms with Crippen LogP contribution in [0.4, 0.5) is 8.78 Å². The maximum Gasteiger partial charge on any atom is 0.183 e. The molecule has 10 heavy (non-hydrogen) atoms. The summed E-state index contributed by atoms with van der Waals surface area (Å²) in [5.74, 6) is 0. The van der Waals surface area contributed by atoms with Crippen LogP contribution in [0.25, 0.3) is 0 Å². The lowest BCUT2D eigenvalue weighted by Gasteiger charge is -2.18. The van der Waals surface area contributed by atoms with E-state index in [0.717, 1.165) is 13.0 Å². The van der Waals surface area contributed by atoms with Gasteiger partial charge in [0.2, 0.25) is 0 Å². The van der Waals surface area contributed by atoms with Gasteiger partial charge in [-0.2, -0.15) is 0 Å². The fourth-order valence-electron chi connectivity index (χ4n) is 0.925. The minimum atomic E-state index is -1.49. The van der Waals surface area contributed by atoms with Crippen LogP contribution in [0.2, 0.25) is 0 Å². The third-order valence-electron chi connectivity index (χ3n) is 1.53. The van der Waals surface area contributed by atoms with Crippen LogP contribution >= 0.6 is 0 Å². The summed E-state index contributed by atoms with van der Waals surface area (Å²) in [5, 5.41) is 5.26. The van der Waals surface area contributed by atoms with E-state index in [1.54, 1.807) is 0 Å². The van der Waals surface area contributed by atoms with Crippen LogP contribution in [-0.4, -0.2) is 32.1 Å². The van der Waals surface area contributed by atoms with Gasteiger partial charge in [0.05, 0.1) is 0 Å². The van der Waals surface area contributed by atoms with Crippen LogP contribution in [0.1, 0.15) is 6.42 Å². The largest absolute Gasteiger partial charge is 0.314 e. The molecule has 0 amide bonds. The first-order valence-corrected chi connectivity index (χ1v) is 3.53. The maximum atomic E-state index is 12.5. The molecule has 1 heterocycles. The van der Waals surface area contributed by atoms with Crippen molar-refractivity contribution < 1.29 is 8.78 Å². The molecule has 0 aromatic carbocycles. The second kappa shape index (κ2) is 3.83. The predicted molar refractivity (Wildman–Crippen MR) is 35.3 cm³/mol. The van der Waals surface area contributed by atoms with Crippen molar-refractivity contribution in [3.63, 3.8) is 0 Å². The molecule has 0 aromatic heterocycles. The molecule has 0 saturated carbocycles. The molecule has 1 fully saturated rings. The van der Waals surface area contributed by atoms with Crippen molar-refractivity contribution in [3.8, 4) is 0 Å². The first-order chi connectivity index (χ1) is 4.80. The van der Waals surface area contributed by atoms with Crippen LogP contribution in [0.5, 0.6) is 0 Å². The Balaban J connectivity index is 2.28. The molecular formula is C6H12F2N2. The number of rotatable bonds is 0. The molecule has 2 atom stereocenters. The molecule has 1 rings (SSSR count). The van der Waals surface area contributed by atoms with E-state index in [1.807, 2.05) is 0 Å². The Bertz CT molecular complexity index is 87.7. The zero-order chi connectivity index (χ0) is 7.40. The van der Waals surface area contributed by atoms with Crippen molar-refractivity contribution >= 4 is 0 Å². The highest BCUT2D eigenvalue weighted by atomic mass is 19.2. The summed E-state index contributed by atoms with van der Waals surface area (Å²) in [6.07, 6.45) is -2.04. The van der Waals surface area contributed by atoms with Crippen molar-refractivity contribution in [2.45, 2.75) is 18.9 Å². The van der Waals surface area contributed by atoms with Crippen molar-refractivity contribution in [3.05, 3.63) is 0 Å². The van der Waals surface area contributed by atoms with Crippen LogP contribution in [0.15, 0.2) is 0 Å². The van der Waals surface area contributed by atoms with Gasteiger partial charge in [-0.25, -0.2) is 8.78 Å². The molecule has 0 spiro atoms. The van der Waals surface area contributed by atoms with Crippen LogP contribution in [0.3, 0.4) is 0 Å². The number of hydrogen-bond acceptors (Lipinski definition) is 2. The van der Waals surface area contributed by atoms with E-state index in [4.69, 9.17) is 0 Å². The van der Waals surface area contributed by atoms with E-state index in [1.165, 1.54) is 0 Å². The monoisotopic (exact) mass is 150 g/mol. The molecule has 0 aromatic rings. The Morgan fingerprint density at radius 3 is 2.80 bits per heavy atom. The molecule has 0 radical (unpaired) electrons. The second-order valence-corrected chi connectivity index (χ2v) is 2.43. The highest BCUT2D eigenvalue weighted by molar-refractivity contribution is 4.71. The molecule has 0 bridgehead atoms. The standard InChI is InChI=1S/C6H12F2N2/c7-5-4-9-2-1-3-10-6(5)8/h5-6,9-10H,1-4H2. The molecule has 2 N–H and O–H groups in total. The molecule has 2 unspecified atom stereocenters. The number of halogens is 2. The van der Waals surface area contributed by atoms with Crippen LogP contribution in [-0.2, 0) is 0 Å². The molecule has 2 nitrogen and oxygen atoms in total. The van der Waals surface area contributed by atoms with Crippen molar-refractivity contribution in [1.29, 1.82) is 0 Å². The van der Waals surface area contributed by atoms with Gasteiger partial charge in [0.15, 0.2) is 12.5 Å². The van der Waals surface area contributed by atoms with E-state index in [2.05, 4.69) is 10.6 Å². The quantitative estimate of drug-likeness (QED) is 0.482. The zero-order valence-corrected chi connectivity index (χ0v) is 5.74. The third kappa shape index (κ3) is 2.19. The molecular weight excluding hydrogens is 138 g/mol. The van der Waals surface area contributed by atoms with Crippen molar-refractivity contribution in [2.24, 2.45) is 0 Å². The SMILES string of the molecule is FC1CNCCCNC1F. The fraction of sp³-hybridized carbons (Fsp3) is 1.00. The number of hydrogen-bond donors (Lipinski definition) is 2. The second-order valence-electron chi connectivity index (χ2n) is 2.43. The molecule has 1 aliphatic heterocycles. The summed E-state index contributed by atoms with van der Waals surface area (Å²) in [7, 11) is 0. The van der Waals surface area contributed by atoms with Gasteiger partial charge in [-0.05, 0) is 19.5 Å². The fourth-order valence-corrected chi connectivity index (χ4v) is 0.925. The van der Waals surface area contributed by atoms with E-state index in [9.17, 15) is 8.78 Å². The number of nitrogens with one attached hydrogen (secondary N) is 2. The molecule has 0 aliphatic carbocycles. The predicted octanol–water partition coefficient (Wildman–Crippen LogP) is 0.203. The summed E-state index contributed by atoms with van der Waals surface area (Å²) in [6, 6.07) is 0. The average Bonchev–Trinajstić information content (AvgIpc) is 1.92. The minimum Gasteiger partial charge on any atom is -0.314 e. The Morgan fingerprint density at radius 1 is 1.20 bits per heavy atom. The van der Waals surface area contributed by atoms with Crippen LogP contribution < -0.4 is 10.6 Å². The van der Waals surface area contributed by atoms with E-state index in [-0.39, 0.29) is 6.54 Å². The number of alkyl halides is 2. The highest BCUT2D eigenvalue weighted by Crippen LogP contribution is 2.01. The minimum absolute atomic E-state index is 0.119. The van der Waals surface area contributed by atoms with E-state index in [0.29, 0.717) is 6.54 Å². The third-order valence-corrected chi connectivity index (χ3v) is 1.53. The van der Waals surface area contributed by atoms with Crippen molar-refractivity contribution in [1.82, 2.24) is 10.6 Å². The Morgan fingerprint density at radius 2 is 2.00 bits per heavy atom. The molecule has 1 saturated heterocycles. The van der Waals surface area contributed by atoms with Gasteiger partial charge < -0.3 is 5.32 Å². The summed E-state index contributed by atoms with van der Waals surface area (Å²) in [4.78, 5) is 0. The summed E-state index contributed by atoms with van der Waals surface area (Å²) < 4.78 is 25.0. The highest BCUT2D eigenvalue weighted by Gasteiger charge is 2.20. The van der Waals surface area contributed by atoms with E-state index < -0.39 is 12.5 Å².